The van der Waals surface area contributed by atoms with E-state index in [9.17, 15) is 4.79 Å². The number of allylic oxidation sites excluding steroid dienone is 2. The van der Waals surface area contributed by atoms with Gasteiger partial charge >= 0.3 is 0 Å². The number of carbonyl (C=O) groups is 1. The summed E-state index contributed by atoms with van der Waals surface area (Å²) in [5.41, 5.74) is 4.54. The van der Waals surface area contributed by atoms with Crippen molar-refractivity contribution >= 4 is 33.9 Å². The van der Waals surface area contributed by atoms with Gasteiger partial charge in [-0.3, -0.25) is 9.89 Å². The largest absolute Gasteiger partial charge is 0.293 e. The third-order valence-corrected chi connectivity index (χ3v) is 4.50. The van der Waals surface area contributed by atoms with Crippen molar-refractivity contribution < 1.29 is 4.79 Å². The van der Waals surface area contributed by atoms with Crippen molar-refractivity contribution in [3.63, 3.8) is 0 Å². The molecule has 3 nitrogen and oxygen atoms in total. The monoisotopic (exact) mass is 258 g/mol. The van der Waals surface area contributed by atoms with Crippen LogP contribution < -0.4 is 0 Å². The van der Waals surface area contributed by atoms with Crippen LogP contribution in [0.2, 0.25) is 0 Å². The quantitative estimate of drug-likeness (QED) is 0.789. The number of nitrogens with one attached hydrogen (secondary N) is 1. The molecule has 1 unspecified atom stereocenters. The van der Waals surface area contributed by atoms with Crippen molar-refractivity contribution in [2.45, 2.75) is 19.3 Å². The highest BCUT2D eigenvalue weighted by Gasteiger charge is 2.35. The van der Waals surface area contributed by atoms with Gasteiger partial charge < -0.3 is 0 Å². The van der Waals surface area contributed by atoms with Gasteiger partial charge in [-0.05, 0) is 41.5 Å². The van der Waals surface area contributed by atoms with E-state index in [4.69, 9.17) is 11.6 Å². The summed E-state index contributed by atoms with van der Waals surface area (Å²) in [5.74, 6) is 0.494. The Morgan fingerprint density at radius 1 is 1.39 bits per heavy atom. The fraction of sp³-hybridized carbons (Fsp3) is 0.286. The summed E-state index contributed by atoms with van der Waals surface area (Å²) < 4.78 is 0. The summed E-state index contributed by atoms with van der Waals surface area (Å²) in [4.78, 5) is 11.8. The Balaban J connectivity index is 2.04. The summed E-state index contributed by atoms with van der Waals surface area (Å²) >= 11 is 6.23. The molecule has 0 fully saturated rings. The van der Waals surface area contributed by atoms with Crippen LogP contribution in [0.15, 0.2) is 23.4 Å². The molecule has 2 aromatic rings. The number of halogens is 1. The highest BCUT2D eigenvalue weighted by Crippen LogP contribution is 2.47. The van der Waals surface area contributed by atoms with Gasteiger partial charge in [0.15, 0.2) is 5.78 Å². The number of Topliss-reactive ketones (excluding diaryl/α,β-unsaturated/α-hetero) is 1. The average molecular weight is 259 g/mol. The number of carbonyl (C=O) groups excluding carboxylic acids is 1. The van der Waals surface area contributed by atoms with E-state index in [1.165, 1.54) is 5.56 Å². The maximum absolute atomic E-state index is 11.8. The first kappa shape index (κ1) is 10.3. The molecule has 18 heavy (non-hydrogen) atoms. The second kappa shape index (κ2) is 3.45. The van der Waals surface area contributed by atoms with E-state index < -0.39 is 0 Å². The first-order valence-corrected chi connectivity index (χ1v) is 6.51. The molecule has 0 aliphatic heterocycles. The summed E-state index contributed by atoms with van der Waals surface area (Å²) in [6.45, 7) is 0. The maximum Gasteiger partial charge on any atom is 0.174 e. The smallest absolute Gasteiger partial charge is 0.174 e. The van der Waals surface area contributed by atoms with Gasteiger partial charge in [-0.2, -0.15) is 5.10 Å². The van der Waals surface area contributed by atoms with Gasteiger partial charge in [0.1, 0.15) is 0 Å². The second-order valence-electron chi connectivity index (χ2n) is 5.01. The van der Waals surface area contributed by atoms with Crippen molar-refractivity contribution in [1.82, 2.24) is 10.2 Å². The highest BCUT2D eigenvalue weighted by atomic mass is 35.5. The minimum absolute atomic E-state index is 0.0862. The van der Waals surface area contributed by atoms with E-state index in [0.29, 0.717) is 17.4 Å². The van der Waals surface area contributed by atoms with E-state index in [2.05, 4.69) is 16.3 Å². The van der Waals surface area contributed by atoms with Crippen LogP contribution in [-0.2, 0) is 11.2 Å². The van der Waals surface area contributed by atoms with Crippen LogP contribution in [0.5, 0.6) is 0 Å². The molecule has 4 heteroatoms. The van der Waals surface area contributed by atoms with Gasteiger partial charge in [0, 0.05) is 11.8 Å². The Morgan fingerprint density at radius 2 is 2.28 bits per heavy atom. The fourth-order valence-corrected chi connectivity index (χ4v) is 3.58. The third-order valence-electron chi connectivity index (χ3n) is 4.09. The molecule has 2 aliphatic carbocycles. The van der Waals surface area contributed by atoms with Crippen LogP contribution in [0, 0.1) is 5.92 Å². The molecule has 0 saturated heterocycles. The standard InChI is InChI=1S/C14H11ClN2O/c15-14-12(18)4-1-7-5-9-8(13(7)14)2-3-11-10(9)6-16-17-11/h2-3,6-7H,1,4-5H2,(H,16,17). The van der Waals surface area contributed by atoms with Crippen molar-refractivity contribution in [2.24, 2.45) is 5.92 Å². The van der Waals surface area contributed by atoms with Gasteiger partial charge in [0.25, 0.3) is 0 Å². The predicted molar refractivity (Wildman–Crippen MR) is 70.3 cm³/mol. The molecule has 0 spiro atoms. The number of aromatic amines is 1. The maximum atomic E-state index is 11.8. The minimum atomic E-state index is 0.0862. The summed E-state index contributed by atoms with van der Waals surface area (Å²) in [6, 6.07) is 4.08. The molecule has 1 heterocycles. The summed E-state index contributed by atoms with van der Waals surface area (Å²) in [5, 5.41) is 8.68. The lowest BCUT2D eigenvalue weighted by Crippen LogP contribution is -2.13. The van der Waals surface area contributed by atoms with Crippen molar-refractivity contribution in [3.8, 4) is 0 Å². The number of H-pyrrole nitrogens is 1. The van der Waals surface area contributed by atoms with E-state index in [1.807, 2.05) is 12.3 Å². The lowest BCUT2D eigenvalue weighted by molar-refractivity contribution is -0.115. The zero-order valence-electron chi connectivity index (χ0n) is 9.66. The number of nitrogens with zero attached hydrogens (tertiary/aromatic N) is 1. The normalized spacial score (nSPS) is 22.5. The van der Waals surface area contributed by atoms with Crippen LogP contribution in [0.3, 0.4) is 0 Å². The first-order chi connectivity index (χ1) is 8.75. The van der Waals surface area contributed by atoms with Gasteiger partial charge in [-0.15, -0.1) is 0 Å². The van der Waals surface area contributed by atoms with Crippen LogP contribution in [0.25, 0.3) is 16.5 Å². The molecular formula is C14H11ClN2O. The Kier molecular flexibility index (Phi) is 1.98. The lowest BCUT2D eigenvalue weighted by Gasteiger charge is -2.18. The van der Waals surface area contributed by atoms with Crippen molar-refractivity contribution in [3.05, 3.63) is 34.5 Å². The van der Waals surface area contributed by atoms with Gasteiger partial charge in [0.05, 0.1) is 16.7 Å². The van der Waals surface area contributed by atoms with E-state index in [0.717, 1.165) is 34.9 Å². The number of benzene rings is 1. The zero-order valence-corrected chi connectivity index (χ0v) is 10.4. The number of fused-ring (bicyclic) bond motifs is 5. The zero-order chi connectivity index (χ0) is 12.3. The van der Waals surface area contributed by atoms with Crippen molar-refractivity contribution in [1.29, 1.82) is 0 Å². The Hall–Kier alpha value is -1.61. The lowest BCUT2D eigenvalue weighted by atomic mass is 9.87. The van der Waals surface area contributed by atoms with Crippen LogP contribution in [-0.4, -0.2) is 16.0 Å². The van der Waals surface area contributed by atoms with Gasteiger partial charge in [0.2, 0.25) is 0 Å². The van der Waals surface area contributed by atoms with Crippen LogP contribution in [0.1, 0.15) is 24.0 Å². The third kappa shape index (κ3) is 1.20. The molecule has 0 radical (unpaired) electrons. The Labute approximate surface area is 109 Å². The fourth-order valence-electron chi connectivity index (χ4n) is 3.23. The van der Waals surface area contributed by atoms with Gasteiger partial charge in [-0.25, -0.2) is 0 Å². The molecule has 1 aromatic heterocycles. The number of ketones is 1. The van der Waals surface area contributed by atoms with E-state index in [1.54, 1.807) is 0 Å². The predicted octanol–water partition coefficient (Wildman–Crippen LogP) is 3.05. The average Bonchev–Trinajstić information content (AvgIpc) is 2.96. The summed E-state index contributed by atoms with van der Waals surface area (Å²) in [6.07, 6.45) is 4.33. The molecule has 1 aromatic carbocycles. The topological polar surface area (TPSA) is 45.8 Å². The molecule has 90 valence electrons. The molecule has 0 bridgehead atoms. The SMILES string of the molecule is O=C1CCC2Cc3c(ccc4[nH]ncc34)C2=C1Cl. The van der Waals surface area contributed by atoms with Gasteiger partial charge in [-0.1, -0.05) is 17.7 Å². The number of hydrogen-bond donors (Lipinski definition) is 1. The molecule has 0 amide bonds. The van der Waals surface area contributed by atoms with Crippen LogP contribution >= 0.6 is 11.6 Å². The summed E-state index contributed by atoms with van der Waals surface area (Å²) in [7, 11) is 0. The molecular weight excluding hydrogens is 248 g/mol. The second-order valence-corrected chi connectivity index (χ2v) is 5.39. The van der Waals surface area contributed by atoms with Crippen molar-refractivity contribution in [2.75, 3.05) is 0 Å². The van der Waals surface area contributed by atoms with E-state index in [-0.39, 0.29) is 5.78 Å². The highest BCUT2D eigenvalue weighted by molar-refractivity contribution is 6.46. The molecule has 1 atom stereocenters. The first-order valence-electron chi connectivity index (χ1n) is 6.14. The Morgan fingerprint density at radius 3 is 3.17 bits per heavy atom. The van der Waals surface area contributed by atoms with Crippen LogP contribution in [0.4, 0.5) is 0 Å². The van der Waals surface area contributed by atoms with E-state index >= 15 is 0 Å². The number of rotatable bonds is 0. The molecule has 0 saturated carbocycles. The molecule has 1 N–H and O–H groups in total. The number of hydrogen-bond acceptors (Lipinski definition) is 2. The number of aromatic nitrogens is 2. The molecule has 2 aliphatic rings. The Bertz CT molecular complexity index is 714. The molecule has 4 rings (SSSR count). The minimum Gasteiger partial charge on any atom is -0.293 e.